The first-order chi connectivity index (χ1) is 12.1. The Morgan fingerprint density at radius 3 is 2.20 bits per heavy atom. The largest absolute Gasteiger partial charge is 0.314 e. The fraction of sp³-hybridized carbons (Fsp3) is 1.00. The van der Waals surface area contributed by atoms with E-state index in [4.69, 9.17) is 0 Å². The zero-order chi connectivity index (χ0) is 18.1. The van der Waals surface area contributed by atoms with Gasteiger partial charge in [-0.3, -0.25) is 0 Å². The highest BCUT2D eigenvalue weighted by atomic mass is 15.1. The quantitative estimate of drug-likeness (QED) is 0.474. The minimum absolute atomic E-state index is 0.754. The van der Waals surface area contributed by atoms with Crippen molar-refractivity contribution >= 4 is 0 Å². The minimum atomic E-state index is 0.754. The maximum Gasteiger partial charge on any atom is 0.00668 e. The van der Waals surface area contributed by atoms with E-state index >= 15 is 0 Å². The molecule has 1 saturated carbocycles. The highest BCUT2D eigenvalue weighted by Crippen LogP contribution is 2.53. The van der Waals surface area contributed by atoms with Gasteiger partial charge in [0, 0.05) is 6.04 Å². The molecule has 0 bridgehead atoms. The van der Waals surface area contributed by atoms with Crippen molar-refractivity contribution < 1.29 is 0 Å². The molecule has 0 aromatic rings. The van der Waals surface area contributed by atoms with E-state index in [1.54, 1.807) is 0 Å². The first-order valence-corrected chi connectivity index (χ1v) is 11.6. The van der Waals surface area contributed by atoms with Gasteiger partial charge in [0.25, 0.3) is 0 Å². The van der Waals surface area contributed by atoms with Crippen LogP contribution in [0.3, 0.4) is 0 Å². The molecule has 0 amide bonds. The molecule has 1 heterocycles. The number of rotatable bonds is 12. The first-order valence-electron chi connectivity index (χ1n) is 11.6. The number of likely N-dealkylation sites (tertiary alicyclic amines) is 1. The van der Waals surface area contributed by atoms with Crippen molar-refractivity contribution in [1.29, 1.82) is 0 Å². The van der Waals surface area contributed by atoms with Crippen molar-refractivity contribution in [1.82, 2.24) is 10.2 Å². The van der Waals surface area contributed by atoms with Gasteiger partial charge in [0.05, 0.1) is 0 Å². The van der Waals surface area contributed by atoms with Crippen molar-refractivity contribution in [3.63, 3.8) is 0 Å². The monoisotopic (exact) mass is 350 g/mol. The summed E-state index contributed by atoms with van der Waals surface area (Å²) in [4.78, 5) is 2.74. The predicted molar refractivity (Wildman–Crippen MR) is 111 cm³/mol. The zero-order valence-corrected chi connectivity index (χ0v) is 17.8. The average molecular weight is 351 g/mol. The molecule has 1 unspecified atom stereocenters. The smallest absolute Gasteiger partial charge is 0.00668 e. The molecule has 1 saturated heterocycles. The molecule has 2 nitrogen and oxygen atoms in total. The van der Waals surface area contributed by atoms with Crippen LogP contribution in [0.2, 0.25) is 0 Å². The molecule has 1 N–H and O–H groups in total. The van der Waals surface area contributed by atoms with Crippen LogP contribution in [0.4, 0.5) is 0 Å². The normalized spacial score (nSPS) is 22.4. The van der Waals surface area contributed by atoms with E-state index in [2.05, 4.69) is 37.9 Å². The predicted octanol–water partition coefficient (Wildman–Crippen LogP) is 5.86. The molecule has 1 aliphatic carbocycles. The lowest BCUT2D eigenvalue weighted by atomic mass is 9.57. The van der Waals surface area contributed by atoms with E-state index < -0.39 is 0 Å². The summed E-state index contributed by atoms with van der Waals surface area (Å²) in [7, 11) is 0. The van der Waals surface area contributed by atoms with E-state index in [1.807, 2.05) is 0 Å². The maximum atomic E-state index is 3.84. The summed E-state index contributed by atoms with van der Waals surface area (Å²) in [6.45, 7) is 14.7. The van der Waals surface area contributed by atoms with E-state index in [-0.39, 0.29) is 0 Å². The number of piperidine rings is 1. The van der Waals surface area contributed by atoms with Crippen molar-refractivity contribution in [2.45, 2.75) is 104 Å². The summed E-state index contributed by atoms with van der Waals surface area (Å²) in [5, 5.41) is 3.84. The molecule has 148 valence electrons. The molecule has 2 rings (SSSR count). The van der Waals surface area contributed by atoms with Crippen LogP contribution in [0.25, 0.3) is 0 Å². The van der Waals surface area contributed by atoms with Crippen LogP contribution < -0.4 is 5.32 Å². The number of hydrogen-bond donors (Lipinski definition) is 1. The summed E-state index contributed by atoms with van der Waals surface area (Å²) in [5.41, 5.74) is 0.754. The second-order valence-corrected chi connectivity index (χ2v) is 9.44. The Balaban J connectivity index is 1.56. The average Bonchev–Trinajstić information content (AvgIpc) is 2.59. The van der Waals surface area contributed by atoms with Crippen LogP contribution in [0, 0.1) is 17.3 Å². The van der Waals surface area contributed by atoms with Gasteiger partial charge in [-0.05, 0) is 94.8 Å². The van der Waals surface area contributed by atoms with Gasteiger partial charge in [0.1, 0.15) is 0 Å². The molecule has 25 heavy (non-hydrogen) atoms. The molecular formula is C23H46N2. The molecular weight excluding hydrogens is 304 g/mol. The van der Waals surface area contributed by atoms with Crippen LogP contribution >= 0.6 is 0 Å². The Bertz CT molecular complexity index is 332. The van der Waals surface area contributed by atoms with Gasteiger partial charge >= 0.3 is 0 Å². The topological polar surface area (TPSA) is 15.3 Å². The van der Waals surface area contributed by atoms with Crippen molar-refractivity contribution in [3.8, 4) is 0 Å². The van der Waals surface area contributed by atoms with Crippen molar-refractivity contribution in [3.05, 3.63) is 0 Å². The van der Waals surface area contributed by atoms with Gasteiger partial charge in [-0.25, -0.2) is 0 Å². The summed E-state index contributed by atoms with van der Waals surface area (Å²) >= 11 is 0. The highest BCUT2D eigenvalue weighted by Gasteiger charge is 2.45. The number of hydrogen-bond acceptors (Lipinski definition) is 2. The molecule has 0 radical (unpaired) electrons. The van der Waals surface area contributed by atoms with E-state index in [1.165, 1.54) is 96.8 Å². The van der Waals surface area contributed by atoms with Gasteiger partial charge in [0.15, 0.2) is 0 Å². The Labute approximate surface area is 158 Å². The second kappa shape index (κ2) is 10.9. The summed E-state index contributed by atoms with van der Waals surface area (Å²) < 4.78 is 0. The van der Waals surface area contributed by atoms with E-state index in [0.717, 1.165) is 23.3 Å². The minimum Gasteiger partial charge on any atom is -0.314 e. The van der Waals surface area contributed by atoms with Crippen LogP contribution in [-0.2, 0) is 0 Å². The van der Waals surface area contributed by atoms with Crippen molar-refractivity contribution in [2.75, 3.05) is 26.2 Å². The fourth-order valence-electron chi connectivity index (χ4n) is 5.17. The summed E-state index contributed by atoms with van der Waals surface area (Å²) in [5.74, 6) is 1.92. The van der Waals surface area contributed by atoms with Crippen LogP contribution in [0.15, 0.2) is 0 Å². The third kappa shape index (κ3) is 6.86. The standard InChI is InChI=1S/C23H46N2/c1-5-8-22(9-6-2)24-14-10-21-18-23(19-21)12-16-25(17-13-23)15-11-20(4)7-3/h20-22,24H,5-19H2,1-4H3. The van der Waals surface area contributed by atoms with Gasteiger partial charge in [0.2, 0.25) is 0 Å². The second-order valence-electron chi connectivity index (χ2n) is 9.44. The lowest BCUT2D eigenvalue weighted by Crippen LogP contribution is -2.48. The Morgan fingerprint density at radius 1 is 1.00 bits per heavy atom. The van der Waals surface area contributed by atoms with Crippen LogP contribution in [-0.4, -0.2) is 37.1 Å². The third-order valence-corrected chi connectivity index (χ3v) is 7.26. The van der Waals surface area contributed by atoms with Gasteiger partial charge in [-0.1, -0.05) is 47.0 Å². The highest BCUT2D eigenvalue weighted by molar-refractivity contribution is 4.97. The fourth-order valence-corrected chi connectivity index (χ4v) is 5.17. The zero-order valence-electron chi connectivity index (χ0n) is 17.8. The third-order valence-electron chi connectivity index (χ3n) is 7.26. The first kappa shape index (κ1) is 21.2. The lowest BCUT2D eigenvalue weighted by molar-refractivity contribution is -0.0169. The summed E-state index contributed by atoms with van der Waals surface area (Å²) in [6.07, 6.45) is 15.5. The van der Waals surface area contributed by atoms with Crippen LogP contribution in [0.5, 0.6) is 0 Å². The molecule has 1 spiro atoms. The Kier molecular flexibility index (Phi) is 9.27. The van der Waals surface area contributed by atoms with Gasteiger partial charge in [-0.15, -0.1) is 0 Å². The van der Waals surface area contributed by atoms with E-state index in [9.17, 15) is 0 Å². The van der Waals surface area contributed by atoms with Gasteiger partial charge < -0.3 is 10.2 Å². The molecule has 2 heteroatoms. The molecule has 1 atom stereocenters. The Morgan fingerprint density at radius 2 is 1.64 bits per heavy atom. The SMILES string of the molecule is CCCC(CCC)NCCC1CC2(CCN(CCC(C)CC)CC2)C1. The van der Waals surface area contributed by atoms with E-state index in [0.29, 0.717) is 0 Å². The number of nitrogens with zero attached hydrogens (tertiary/aromatic N) is 1. The van der Waals surface area contributed by atoms with Gasteiger partial charge in [-0.2, -0.15) is 0 Å². The summed E-state index contributed by atoms with van der Waals surface area (Å²) in [6, 6.07) is 0.776. The molecule has 0 aromatic carbocycles. The molecule has 2 aliphatic rings. The van der Waals surface area contributed by atoms with Crippen molar-refractivity contribution in [2.24, 2.45) is 17.3 Å². The molecule has 1 aliphatic heterocycles. The lowest BCUT2D eigenvalue weighted by Gasteiger charge is -2.52. The molecule has 0 aromatic heterocycles. The number of nitrogens with one attached hydrogen (secondary N) is 1. The van der Waals surface area contributed by atoms with Crippen LogP contribution in [0.1, 0.15) is 98.3 Å². The Hall–Kier alpha value is -0.0800. The molecule has 2 fully saturated rings. The maximum absolute atomic E-state index is 3.84.